The normalized spacial score (nSPS) is 13.8. The minimum atomic E-state index is -0.121. The number of aromatic nitrogens is 2. The van der Waals surface area contributed by atoms with Gasteiger partial charge in [0.1, 0.15) is 0 Å². The number of hydrogen-bond acceptors (Lipinski definition) is 3. The molecule has 1 aliphatic rings. The zero-order chi connectivity index (χ0) is 9.52. The minimum absolute atomic E-state index is 0.121. The molecule has 1 N–H and O–H groups in total. The third-order valence-corrected chi connectivity index (χ3v) is 1.23. The highest BCUT2D eigenvalue weighted by molar-refractivity contribution is 6.14. The quantitative estimate of drug-likeness (QED) is 0.590. The summed E-state index contributed by atoms with van der Waals surface area (Å²) in [5.74, 6) is -0.241. The van der Waals surface area contributed by atoms with Gasteiger partial charge >= 0.3 is 0 Å². The van der Waals surface area contributed by atoms with Crippen LogP contribution in [0, 0.1) is 0 Å². The molecule has 0 unspecified atom stereocenters. The molecule has 0 atom stereocenters. The Hall–Kier alpha value is -1.97. The molecule has 4 nitrogen and oxygen atoms in total. The van der Waals surface area contributed by atoms with E-state index in [2.05, 4.69) is 9.97 Å². The van der Waals surface area contributed by atoms with Crippen LogP contribution in [-0.2, 0) is 9.59 Å². The zero-order valence-electron chi connectivity index (χ0n) is 6.81. The standard InChI is InChI=1S/C6H4O2.C3H4N2/c7-5-1-2-6(8)4-3-5;1-2-5-3-4-1/h1-4H;1-3H,(H,4,5). The van der Waals surface area contributed by atoms with Gasteiger partial charge in [0.05, 0.1) is 6.33 Å². The molecular formula is C9H8N2O2. The number of rotatable bonds is 0. The average molecular weight is 176 g/mol. The van der Waals surface area contributed by atoms with Crippen LogP contribution in [0.3, 0.4) is 0 Å². The number of nitrogens with zero attached hydrogens (tertiary/aromatic N) is 1. The summed E-state index contributed by atoms with van der Waals surface area (Å²) in [5.41, 5.74) is 0. The molecule has 13 heavy (non-hydrogen) atoms. The van der Waals surface area contributed by atoms with Crippen molar-refractivity contribution < 1.29 is 9.59 Å². The van der Waals surface area contributed by atoms with E-state index >= 15 is 0 Å². The summed E-state index contributed by atoms with van der Waals surface area (Å²) in [6, 6.07) is 0. The molecule has 0 aromatic carbocycles. The molecule has 0 aliphatic heterocycles. The third kappa shape index (κ3) is 3.81. The molecule has 0 spiro atoms. The van der Waals surface area contributed by atoms with Crippen molar-refractivity contribution in [1.82, 2.24) is 9.97 Å². The van der Waals surface area contributed by atoms with Crippen molar-refractivity contribution in [3.05, 3.63) is 43.0 Å². The molecule has 1 aromatic rings. The van der Waals surface area contributed by atoms with Crippen LogP contribution >= 0.6 is 0 Å². The average Bonchev–Trinajstić information content (AvgIpc) is 2.68. The fourth-order valence-corrected chi connectivity index (χ4v) is 0.655. The molecule has 1 heterocycles. The van der Waals surface area contributed by atoms with E-state index in [1.807, 2.05) is 0 Å². The van der Waals surface area contributed by atoms with Crippen molar-refractivity contribution in [2.45, 2.75) is 0 Å². The zero-order valence-corrected chi connectivity index (χ0v) is 6.81. The van der Waals surface area contributed by atoms with Gasteiger partial charge in [-0.05, 0) is 24.3 Å². The van der Waals surface area contributed by atoms with Gasteiger partial charge < -0.3 is 4.98 Å². The second-order valence-electron chi connectivity index (χ2n) is 2.23. The lowest BCUT2D eigenvalue weighted by atomic mass is 10.2. The topological polar surface area (TPSA) is 62.8 Å². The highest BCUT2D eigenvalue weighted by Crippen LogP contribution is 1.90. The number of hydrogen-bond donors (Lipinski definition) is 1. The van der Waals surface area contributed by atoms with Crippen LogP contribution in [0.5, 0.6) is 0 Å². The molecule has 1 aliphatic carbocycles. The Kier molecular flexibility index (Phi) is 3.38. The lowest BCUT2D eigenvalue weighted by Gasteiger charge is -1.87. The van der Waals surface area contributed by atoms with Gasteiger partial charge in [0.15, 0.2) is 11.6 Å². The fourth-order valence-electron chi connectivity index (χ4n) is 0.655. The molecule has 4 heteroatoms. The first kappa shape index (κ1) is 9.12. The Morgan fingerprint density at radius 1 is 1.00 bits per heavy atom. The first-order valence-corrected chi connectivity index (χ1v) is 3.66. The Labute approximate surface area is 75.0 Å². The summed E-state index contributed by atoms with van der Waals surface area (Å²) in [6.45, 7) is 0. The first-order valence-electron chi connectivity index (χ1n) is 3.66. The van der Waals surface area contributed by atoms with Crippen molar-refractivity contribution in [2.75, 3.05) is 0 Å². The van der Waals surface area contributed by atoms with Crippen LogP contribution in [0.25, 0.3) is 0 Å². The van der Waals surface area contributed by atoms with Crippen molar-refractivity contribution in [3.8, 4) is 0 Å². The maximum atomic E-state index is 10.3. The number of carbonyl (C=O) groups excluding carboxylic acids is 2. The van der Waals surface area contributed by atoms with Gasteiger partial charge in [0.2, 0.25) is 0 Å². The summed E-state index contributed by atoms with van der Waals surface area (Å²) in [7, 11) is 0. The highest BCUT2D eigenvalue weighted by atomic mass is 16.1. The fraction of sp³-hybridized carbons (Fsp3) is 0. The summed E-state index contributed by atoms with van der Waals surface area (Å²) in [6.07, 6.45) is 10.1. The van der Waals surface area contributed by atoms with Crippen molar-refractivity contribution in [3.63, 3.8) is 0 Å². The number of imidazole rings is 1. The van der Waals surface area contributed by atoms with Gasteiger partial charge in [-0.2, -0.15) is 0 Å². The van der Waals surface area contributed by atoms with Crippen LogP contribution in [0.1, 0.15) is 0 Å². The molecule has 0 radical (unpaired) electrons. The van der Waals surface area contributed by atoms with Crippen molar-refractivity contribution in [2.24, 2.45) is 0 Å². The van der Waals surface area contributed by atoms with E-state index in [1.54, 1.807) is 18.7 Å². The number of nitrogens with one attached hydrogen (secondary N) is 1. The molecular weight excluding hydrogens is 168 g/mol. The predicted octanol–water partition coefficient (Wildman–Crippen LogP) is 0.660. The van der Waals surface area contributed by atoms with Crippen molar-refractivity contribution >= 4 is 11.6 Å². The molecule has 0 saturated heterocycles. The SMILES string of the molecule is O=C1C=CC(=O)C=C1.c1c[nH]cn1. The van der Waals surface area contributed by atoms with E-state index in [4.69, 9.17) is 0 Å². The van der Waals surface area contributed by atoms with E-state index < -0.39 is 0 Å². The maximum absolute atomic E-state index is 10.3. The van der Waals surface area contributed by atoms with Gasteiger partial charge in [-0.25, -0.2) is 4.98 Å². The van der Waals surface area contributed by atoms with Crippen LogP contribution < -0.4 is 0 Å². The van der Waals surface area contributed by atoms with Gasteiger partial charge in [0, 0.05) is 12.4 Å². The largest absolute Gasteiger partial charge is 0.351 e. The van der Waals surface area contributed by atoms with E-state index in [-0.39, 0.29) is 11.6 Å². The molecule has 2 rings (SSSR count). The van der Waals surface area contributed by atoms with Crippen LogP contribution in [0.4, 0.5) is 0 Å². The molecule has 1 aromatic heterocycles. The summed E-state index contributed by atoms with van der Waals surface area (Å²) in [4.78, 5) is 27.0. The van der Waals surface area contributed by atoms with Crippen LogP contribution in [-0.4, -0.2) is 21.5 Å². The highest BCUT2D eigenvalue weighted by Gasteiger charge is 1.97. The smallest absolute Gasteiger partial charge is 0.178 e. The van der Waals surface area contributed by atoms with Crippen LogP contribution in [0.15, 0.2) is 43.0 Å². The molecule has 0 fully saturated rings. The Morgan fingerprint density at radius 3 is 1.77 bits per heavy atom. The molecule has 0 amide bonds. The molecule has 66 valence electrons. The van der Waals surface area contributed by atoms with Gasteiger partial charge in [0.25, 0.3) is 0 Å². The number of carbonyl (C=O) groups is 2. The first-order chi connectivity index (χ1) is 6.29. The Morgan fingerprint density at radius 2 is 1.54 bits per heavy atom. The minimum Gasteiger partial charge on any atom is -0.351 e. The number of aromatic amines is 1. The summed E-state index contributed by atoms with van der Waals surface area (Å²) < 4.78 is 0. The number of ketones is 2. The van der Waals surface area contributed by atoms with E-state index in [9.17, 15) is 9.59 Å². The molecule has 0 bridgehead atoms. The lowest BCUT2D eigenvalue weighted by molar-refractivity contribution is -0.113. The summed E-state index contributed by atoms with van der Waals surface area (Å²) in [5, 5.41) is 0. The maximum Gasteiger partial charge on any atom is 0.178 e. The predicted molar refractivity (Wildman–Crippen MR) is 46.9 cm³/mol. The van der Waals surface area contributed by atoms with Crippen molar-refractivity contribution in [1.29, 1.82) is 0 Å². The summed E-state index contributed by atoms with van der Waals surface area (Å²) >= 11 is 0. The Bertz CT molecular complexity index is 281. The van der Waals surface area contributed by atoms with E-state index in [0.29, 0.717) is 0 Å². The monoisotopic (exact) mass is 176 g/mol. The van der Waals surface area contributed by atoms with Gasteiger partial charge in [-0.15, -0.1) is 0 Å². The van der Waals surface area contributed by atoms with Gasteiger partial charge in [-0.1, -0.05) is 0 Å². The lowest BCUT2D eigenvalue weighted by Crippen LogP contribution is -1.97. The second-order valence-corrected chi connectivity index (χ2v) is 2.23. The van der Waals surface area contributed by atoms with Gasteiger partial charge in [-0.3, -0.25) is 9.59 Å². The number of allylic oxidation sites excluding steroid dienone is 4. The number of H-pyrrole nitrogens is 1. The second kappa shape index (κ2) is 4.82. The third-order valence-electron chi connectivity index (χ3n) is 1.23. The van der Waals surface area contributed by atoms with Crippen LogP contribution in [0.2, 0.25) is 0 Å². The van der Waals surface area contributed by atoms with E-state index in [1.165, 1.54) is 24.3 Å². The van der Waals surface area contributed by atoms with E-state index in [0.717, 1.165) is 0 Å². The molecule has 0 saturated carbocycles. The Balaban J connectivity index is 0.000000145.